The molecule has 102 valence electrons. The zero-order valence-corrected chi connectivity index (χ0v) is 12.4. The van der Waals surface area contributed by atoms with Gasteiger partial charge < -0.3 is 4.74 Å². The number of rotatable bonds is 5. The molecule has 0 aromatic carbocycles. The van der Waals surface area contributed by atoms with Crippen molar-refractivity contribution in [3.05, 3.63) is 15.6 Å². The number of aryl methyl sites for hydroxylation is 2. The third-order valence-electron chi connectivity index (χ3n) is 2.40. The van der Waals surface area contributed by atoms with Gasteiger partial charge in [-0.15, -0.1) is 16.4 Å². The second-order valence-corrected chi connectivity index (χ2v) is 5.96. The number of aromatic nitrogens is 5. The molecule has 7 nitrogen and oxygen atoms in total. The Morgan fingerprint density at radius 2 is 2.26 bits per heavy atom. The summed E-state index contributed by atoms with van der Waals surface area (Å²) in [5, 5.41) is 12.8. The van der Waals surface area contributed by atoms with E-state index in [2.05, 4.69) is 25.2 Å². The number of esters is 1. The molecule has 2 aromatic rings. The molecular formula is C10H13N5O2S2. The summed E-state index contributed by atoms with van der Waals surface area (Å²) in [5.74, 6) is 0.302. The average Bonchev–Trinajstić information content (AvgIpc) is 2.94. The molecule has 0 radical (unpaired) electrons. The van der Waals surface area contributed by atoms with E-state index < -0.39 is 0 Å². The van der Waals surface area contributed by atoms with Crippen molar-refractivity contribution in [2.45, 2.75) is 31.3 Å². The van der Waals surface area contributed by atoms with Gasteiger partial charge >= 0.3 is 5.97 Å². The maximum absolute atomic E-state index is 11.2. The maximum Gasteiger partial charge on any atom is 0.327 e. The van der Waals surface area contributed by atoms with Crippen molar-refractivity contribution in [3.8, 4) is 0 Å². The van der Waals surface area contributed by atoms with Crippen molar-refractivity contribution in [1.82, 2.24) is 25.2 Å². The molecule has 0 aliphatic carbocycles. The zero-order chi connectivity index (χ0) is 13.8. The number of tetrazole rings is 1. The Labute approximate surface area is 118 Å². The summed E-state index contributed by atoms with van der Waals surface area (Å²) in [7, 11) is 1.33. The summed E-state index contributed by atoms with van der Waals surface area (Å²) >= 11 is 3.11. The van der Waals surface area contributed by atoms with E-state index in [1.165, 1.54) is 28.4 Å². The summed E-state index contributed by atoms with van der Waals surface area (Å²) in [6, 6.07) is 0. The Balaban J connectivity index is 2.00. The molecule has 0 amide bonds. The van der Waals surface area contributed by atoms with Crippen LogP contribution in [-0.2, 0) is 21.8 Å². The number of carbonyl (C=O) groups excluding carboxylic acids is 1. The summed E-state index contributed by atoms with van der Waals surface area (Å²) in [4.78, 5) is 16.9. The van der Waals surface area contributed by atoms with Crippen LogP contribution in [0.1, 0.15) is 15.6 Å². The molecule has 0 saturated carbocycles. The molecule has 0 unspecified atom stereocenters. The van der Waals surface area contributed by atoms with Crippen LogP contribution in [0.5, 0.6) is 0 Å². The third-order valence-corrected chi connectivity index (χ3v) is 4.63. The number of ether oxygens (including phenoxy) is 1. The van der Waals surface area contributed by atoms with Gasteiger partial charge in [0.1, 0.15) is 11.6 Å². The predicted molar refractivity (Wildman–Crippen MR) is 71.0 cm³/mol. The second kappa shape index (κ2) is 6.11. The largest absolute Gasteiger partial charge is 0.468 e. The Morgan fingerprint density at radius 3 is 2.89 bits per heavy atom. The van der Waals surface area contributed by atoms with Gasteiger partial charge in [0.15, 0.2) is 0 Å². The van der Waals surface area contributed by atoms with E-state index >= 15 is 0 Å². The van der Waals surface area contributed by atoms with Crippen LogP contribution in [0.3, 0.4) is 0 Å². The summed E-state index contributed by atoms with van der Waals surface area (Å²) in [6.45, 7) is 4.05. The Bertz CT molecular complexity index is 561. The molecule has 0 N–H and O–H groups in total. The van der Waals surface area contributed by atoms with E-state index in [9.17, 15) is 4.79 Å². The first kappa shape index (κ1) is 13.9. The Morgan fingerprint density at radius 1 is 1.47 bits per heavy atom. The molecule has 0 spiro atoms. The van der Waals surface area contributed by atoms with Gasteiger partial charge in [-0.1, -0.05) is 11.8 Å². The first-order valence-electron chi connectivity index (χ1n) is 5.49. The highest BCUT2D eigenvalue weighted by Gasteiger charge is 2.12. The molecule has 19 heavy (non-hydrogen) atoms. The fourth-order valence-corrected chi connectivity index (χ4v) is 3.12. The van der Waals surface area contributed by atoms with Crippen LogP contribution in [-0.4, -0.2) is 38.3 Å². The Kier molecular flexibility index (Phi) is 4.48. The van der Waals surface area contributed by atoms with Gasteiger partial charge in [-0.3, -0.25) is 4.79 Å². The quantitative estimate of drug-likeness (QED) is 0.606. The molecule has 2 heterocycles. The zero-order valence-electron chi connectivity index (χ0n) is 10.8. The molecule has 0 aliphatic rings. The lowest BCUT2D eigenvalue weighted by molar-refractivity contribution is -0.141. The maximum atomic E-state index is 11.2. The SMILES string of the molecule is COC(=O)Cn1nnnc1SCc1nc(C)c(C)s1. The number of hydrogen-bond donors (Lipinski definition) is 0. The second-order valence-electron chi connectivity index (χ2n) is 3.73. The van der Waals surface area contributed by atoms with Crippen LogP contribution >= 0.6 is 23.1 Å². The fraction of sp³-hybridized carbons (Fsp3) is 0.500. The molecule has 2 rings (SSSR count). The lowest BCUT2D eigenvalue weighted by Gasteiger charge is -2.01. The normalized spacial score (nSPS) is 10.7. The third kappa shape index (κ3) is 3.51. The number of methoxy groups -OCH3 is 1. The molecule has 0 atom stereocenters. The standard InChI is InChI=1S/C10H13N5O2S2/c1-6-7(2)19-8(11-6)5-18-10-12-13-14-15(10)4-9(16)17-3/h4-5H2,1-3H3. The molecule has 0 bridgehead atoms. The summed E-state index contributed by atoms with van der Waals surface area (Å²) in [5.41, 5.74) is 1.05. The van der Waals surface area contributed by atoms with Crippen LogP contribution in [0.2, 0.25) is 0 Å². The van der Waals surface area contributed by atoms with E-state index in [0.717, 1.165) is 10.7 Å². The van der Waals surface area contributed by atoms with E-state index in [1.807, 2.05) is 13.8 Å². The van der Waals surface area contributed by atoms with Crippen molar-refractivity contribution < 1.29 is 9.53 Å². The predicted octanol–water partition coefficient (Wildman–Crippen LogP) is 1.21. The van der Waals surface area contributed by atoms with Gasteiger partial charge in [-0.05, 0) is 24.3 Å². The highest BCUT2D eigenvalue weighted by atomic mass is 32.2. The molecule has 0 fully saturated rings. The van der Waals surface area contributed by atoms with Crippen molar-refractivity contribution in [2.24, 2.45) is 0 Å². The summed E-state index contributed by atoms with van der Waals surface area (Å²) in [6.07, 6.45) is 0. The number of thioether (sulfide) groups is 1. The van der Waals surface area contributed by atoms with Crippen LogP contribution in [0.4, 0.5) is 0 Å². The van der Waals surface area contributed by atoms with Crippen LogP contribution in [0, 0.1) is 13.8 Å². The van der Waals surface area contributed by atoms with Crippen LogP contribution in [0.25, 0.3) is 0 Å². The number of nitrogens with zero attached hydrogens (tertiary/aromatic N) is 5. The minimum absolute atomic E-state index is 0.0156. The number of carbonyl (C=O) groups is 1. The van der Waals surface area contributed by atoms with Gasteiger partial charge in [0.25, 0.3) is 0 Å². The first-order valence-corrected chi connectivity index (χ1v) is 7.29. The first-order chi connectivity index (χ1) is 9.10. The van der Waals surface area contributed by atoms with Gasteiger partial charge in [-0.25, -0.2) is 9.67 Å². The molecule has 0 saturated heterocycles. The van der Waals surface area contributed by atoms with E-state index in [0.29, 0.717) is 10.9 Å². The van der Waals surface area contributed by atoms with Crippen LogP contribution < -0.4 is 0 Å². The topological polar surface area (TPSA) is 82.8 Å². The van der Waals surface area contributed by atoms with Crippen LogP contribution in [0.15, 0.2) is 5.16 Å². The van der Waals surface area contributed by atoms with Gasteiger partial charge in [-0.2, -0.15) is 0 Å². The minimum Gasteiger partial charge on any atom is -0.468 e. The fourth-order valence-electron chi connectivity index (χ4n) is 1.31. The highest BCUT2D eigenvalue weighted by molar-refractivity contribution is 7.98. The lowest BCUT2D eigenvalue weighted by Crippen LogP contribution is -2.13. The van der Waals surface area contributed by atoms with Gasteiger partial charge in [0.2, 0.25) is 5.16 Å². The lowest BCUT2D eigenvalue weighted by atomic mass is 10.4. The number of thiazole rings is 1. The van der Waals surface area contributed by atoms with E-state index in [4.69, 9.17) is 0 Å². The van der Waals surface area contributed by atoms with Gasteiger partial charge in [0, 0.05) is 4.88 Å². The molecule has 0 aliphatic heterocycles. The van der Waals surface area contributed by atoms with Gasteiger partial charge in [0.05, 0.1) is 18.6 Å². The molecular weight excluding hydrogens is 286 g/mol. The smallest absolute Gasteiger partial charge is 0.327 e. The monoisotopic (exact) mass is 299 g/mol. The van der Waals surface area contributed by atoms with E-state index in [-0.39, 0.29) is 12.5 Å². The summed E-state index contributed by atoms with van der Waals surface area (Å²) < 4.78 is 6.01. The average molecular weight is 299 g/mol. The minimum atomic E-state index is -0.380. The van der Waals surface area contributed by atoms with E-state index in [1.54, 1.807) is 11.3 Å². The molecule has 2 aromatic heterocycles. The molecule has 9 heteroatoms. The number of hydrogen-bond acceptors (Lipinski definition) is 8. The van der Waals surface area contributed by atoms with Crippen molar-refractivity contribution in [3.63, 3.8) is 0 Å². The van der Waals surface area contributed by atoms with Crippen molar-refractivity contribution >= 4 is 29.1 Å². The van der Waals surface area contributed by atoms with Crippen molar-refractivity contribution in [2.75, 3.05) is 7.11 Å². The van der Waals surface area contributed by atoms with Crippen molar-refractivity contribution in [1.29, 1.82) is 0 Å². The Hall–Kier alpha value is -1.48. The highest BCUT2D eigenvalue weighted by Crippen LogP contribution is 2.24.